The summed E-state index contributed by atoms with van der Waals surface area (Å²) < 4.78 is 25.4. The Bertz CT molecular complexity index is 695. The van der Waals surface area contributed by atoms with Gasteiger partial charge in [0.2, 0.25) is 0 Å². The summed E-state index contributed by atoms with van der Waals surface area (Å²) in [4.78, 5) is 8.34. The average molecular weight is 306 g/mol. The summed E-state index contributed by atoms with van der Waals surface area (Å²) in [5, 5.41) is 3.00. The number of anilines is 1. The summed E-state index contributed by atoms with van der Waals surface area (Å²) in [7, 11) is -3.01. The molecule has 1 saturated carbocycles. The second-order valence-corrected chi connectivity index (χ2v) is 7.69. The Hall–Kier alpha value is -1.89. The molecule has 2 aromatic rings. The van der Waals surface area contributed by atoms with Gasteiger partial charge in [0.25, 0.3) is 0 Å². The molecule has 0 saturated heterocycles. The molecule has 0 radical (unpaired) electrons. The van der Waals surface area contributed by atoms with Gasteiger partial charge in [0, 0.05) is 24.7 Å². The Morgan fingerprint density at radius 3 is 2.81 bits per heavy atom. The van der Waals surface area contributed by atoms with Crippen LogP contribution in [0.4, 0.5) is 5.69 Å². The highest BCUT2D eigenvalue weighted by molar-refractivity contribution is 7.91. The van der Waals surface area contributed by atoms with Crippen molar-refractivity contribution >= 4 is 15.5 Å². The fraction of sp³-hybridized carbons (Fsp3) is 0.429. The third-order valence-electron chi connectivity index (χ3n) is 3.87. The molecule has 0 spiro atoms. The number of aromatic nitrogens is 3. The van der Waals surface area contributed by atoms with Crippen LogP contribution >= 0.6 is 0 Å². The van der Waals surface area contributed by atoms with Crippen molar-refractivity contribution in [2.45, 2.75) is 30.6 Å². The maximum Gasteiger partial charge on any atom is 0.152 e. The Kier molecular flexibility index (Phi) is 3.67. The molecule has 6 nitrogen and oxygen atoms in total. The van der Waals surface area contributed by atoms with Gasteiger partial charge in [-0.05, 0) is 31.4 Å². The molecule has 7 heteroatoms. The molecule has 112 valence electrons. The molecule has 21 heavy (non-hydrogen) atoms. The zero-order chi connectivity index (χ0) is 14.9. The Labute approximate surface area is 124 Å². The lowest BCUT2D eigenvalue weighted by Gasteiger charge is -2.20. The van der Waals surface area contributed by atoms with Crippen LogP contribution in [0.1, 0.15) is 19.3 Å². The first-order chi connectivity index (χ1) is 10.0. The van der Waals surface area contributed by atoms with Gasteiger partial charge >= 0.3 is 0 Å². The van der Waals surface area contributed by atoms with E-state index in [1.807, 2.05) is 22.9 Å². The number of imidazole rings is 1. The summed E-state index contributed by atoms with van der Waals surface area (Å²) in [5.41, 5.74) is 0.847. The highest BCUT2D eigenvalue weighted by Crippen LogP contribution is 2.27. The number of rotatable bonds is 4. The van der Waals surface area contributed by atoms with Crippen LogP contribution in [0.3, 0.4) is 0 Å². The van der Waals surface area contributed by atoms with Crippen molar-refractivity contribution in [2.24, 2.45) is 0 Å². The lowest BCUT2D eigenvalue weighted by molar-refractivity contribution is 0.579. The molecule has 1 aliphatic rings. The molecule has 0 aromatic carbocycles. The van der Waals surface area contributed by atoms with Gasteiger partial charge in [-0.3, -0.25) is 4.57 Å². The number of hydrogen-bond acceptors (Lipinski definition) is 5. The van der Waals surface area contributed by atoms with E-state index < -0.39 is 9.84 Å². The largest absolute Gasteiger partial charge is 0.380 e. The molecule has 0 amide bonds. The zero-order valence-corrected chi connectivity index (χ0v) is 12.6. The van der Waals surface area contributed by atoms with E-state index in [-0.39, 0.29) is 11.3 Å². The van der Waals surface area contributed by atoms with Crippen LogP contribution in [0, 0.1) is 0 Å². The van der Waals surface area contributed by atoms with E-state index in [1.54, 1.807) is 18.7 Å². The van der Waals surface area contributed by atoms with Crippen LogP contribution in [-0.2, 0) is 9.84 Å². The van der Waals surface area contributed by atoms with Crippen LogP contribution in [0.2, 0.25) is 0 Å². The zero-order valence-electron chi connectivity index (χ0n) is 11.8. The first-order valence-corrected chi connectivity index (χ1v) is 8.89. The van der Waals surface area contributed by atoms with Crippen LogP contribution < -0.4 is 5.32 Å². The van der Waals surface area contributed by atoms with Crippen LogP contribution in [0.25, 0.3) is 5.82 Å². The van der Waals surface area contributed by atoms with Gasteiger partial charge in [-0.25, -0.2) is 18.4 Å². The molecule has 1 fully saturated rings. The van der Waals surface area contributed by atoms with Crippen molar-refractivity contribution in [2.75, 3.05) is 11.6 Å². The fourth-order valence-corrected chi connectivity index (χ4v) is 4.23. The molecule has 2 aromatic heterocycles. The van der Waals surface area contributed by atoms with E-state index in [2.05, 4.69) is 15.3 Å². The molecule has 2 heterocycles. The third-order valence-corrected chi connectivity index (χ3v) is 5.54. The van der Waals surface area contributed by atoms with Crippen LogP contribution in [0.15, 0.2) is 37.1 Å². The molecule has 2 atom stereocenters. The lowest BCUT2D eigenvalue weighted by atomic mass is 10.2. The van der Waals surface area contributed by atoms with Crippen molar-refractivity contribution in [3.63, 3.8) is 0 Å². The maximum absolute atomic E-state index is 11.8. The van der Waals surface area contributed by atoms with Gasteiger partial charge in [0.05, 0.1) is 17.1 Å². The lowest BCUT2D eigenvalue weighted by Crippen LogP contribution is -2.34. The van der Waals surface area contributed by atoms with Gasteiger partial charge in [0.15, 0.2) is 9.84 Å². The number of sulfone groups is 1. The van der Waals surface area contributed by atoms with E-state index in [9.17, 15) is 8.42 Å². The Morgan fingerprint density at radius 2 is 2.19 bits per heavy atom. The minimum absolute atomic E-state index is 0.0269. The Morgan fingerprint density at radius 1 is 1.33 bits per heavy atom. The molecule has 1 N–H and O–H groups in total. The van der Waals surface area contributed by atoms with Crippen molar-refractivity contribution in [1.82, 2.24) is 14.5 Å². The third kappa shape index (κ3) is 3.07. The van der Waals surface area contributed by atoms with E-state index in [1.165, 1.54) is 6.26 Å². The van der Waals surface area contributed by atoms with Gasteiger partial charge in [-0.2, -0.15) is 0 Å². The summed E-state index contributed by atoms with van der Waals surface area (Å²) >= 11 is 0. The maximum atomic E-state index is 11.8. The first kappa shape index (κ1) is 14.1. The minimum atomic E-state index is -3.01. The van der Waals surface area contributed by atoms with E-state index in [0.29, 0.717) is 0 Å². The molecule has 1 aliphatic carbocycles. The van der Waals surface area contributed by atoms with Crippen molar-refractivity contribution in [3.05, 3.63) is 37.1 Å². The highest BCUT2D eigenvalue weighted by atomic mass is 32.2. The number of nitrogens with one attached hydrogen (secondary N) is 1. The molecule has 2 unspecified atom stereocenters. The monoisotopic (exact) mass is 306 g/mol. The summed E-state index contributed by atoms with van der Waals surface area (Å²) in [6, 6.07) is 3.77. The van der Waals surface area contributed by atoms with Gasteiger partial charge in [-0.15, -0.1) is 0 Å². The Balaban J connectivity index is 1.73. The molecule has 0 aliphatic heterocycles. The van der Waals surface area contributed by atoms with Crippen molar-refractivity contribution in [1.29, 1.82) is 0 Å². The molecule has 3 rings (SSSR count). The fourth-order valence-electron chi connectivity index (χ4n) is 2.84. The number of nitrogens with zero attached hydrogens (tertiary/aromatic N) is 3. The van der Waals surface area contributed by atoms with E-state index in [0.717, 1.165) is 30.8 Å². The standard InChI is InChI=1S/C14H18N4O2S/c1-21(19,20)13-4-2-3-12(13)17-11-5-6-14(16-9-11)18-8-7-15-10-18/h5-10,12-13,17H,2-4H2,1H3. The SMILES string of the molecule is CS(=O)(=O)C1CCCC1Nc1ccc(-n2ccnc2)nc1. The van der Waals surface area contributed by atoms with Gasteiger partial charge in [-0.1, -0.05) is 0 Å². The number of hydrogen-bond donors (Lipinski definition) is 1. The minimum Gasteiger partial charge on any atom is -0.380 e. The number of pyridine rings is 1. The molecule has 0 bridgehead atoms. The normalized spacial score (nSPS) is 22.3. The topological polar surface area (TPSA) is 76.9 Å². The summed E-state index contributed by atoms with van der Waals surface area (Å²) in [6.45, 7) is 0. The van der Waals surface area contributed by atoms with Gasteiger partial charge < -0.3 is 5.32 Å². The average Bonchev–Trinajstić information content (AvgIpc) is 3.09. The summed E-state index contributed by atoms with van der Waals surface area (Å²) in [5.74, 6) is 0.782. The second kappa shape index (κ2) is 5.48. The first-order valence-electron chi connectivity index (χ1n) is 6.94. The molecular weight excluding hydrogens is 288 g/mol. The van der Waals surface area contributed by atoms with Crippen molar-refractivity contribution in [3.8, 4) is 5.82 Å². The molecular formula is C14H18N4O2S. The quantitative estimate of drug-likeness (QED) is 0.929. The predicted octanol–water partition coefficient (Wildman–Crippen LogP) is 1.64. The van der Waals surface area contributed by atoms with Crippen LogP contribution in [0.5, 0.6) is 0 Å². The smallest absolute Gasteiger partial charge is 0.152 e. The van der Waals surface area contributed by atoms with E-state index >= 15 is 0 Å². The van der Waals surface area contributed by atoms with Crippen LogP contribution in [-0.4, -0.2) is 40.5 Å². The van der Waals surface area contributed by atoms with Gasteiger partial charge in [0.1, 0.15) is 12.1 Å². The second-order valence-electron chi connectivity index (χ2n) is 5.42. The summed E-state index contributed by atoms with van der Waals surface area (Å²) in [6.07, 6.45) is 10.8. The van der Waals surface area contributed by atoms with Crippen molar-refractivity contribution < 1.29 is 8.42 Å². The highest BCUT2D eigenvalue weighted by Gasteiger charge is 2.34. The van der Waals surface area contributed by atoms with E-state index in [4.69, 9.17) is 0 Å². The predicted molar refractivity (Wildman–Crippen MR) is 81.3 cm³/mol.